The van der Waals surface area contributed by atoms with Gasteiger partial charge in [0.25, 0.3) is 0 Å². The van der Waals surface area contributed by atoms with E-state index in [2.05, 4.69) is 50.9 Å². The molecule has 1 aliphatic rings. The van der Waals surface area contributed by atoms with E-state index in [1.807, 2.05) is 0 Å². The highest BCUT2D eigenvalue weighted by molar-refractivity contribution is 9.10. The van der Waals surface area contributed by atoms with Crippen LogP contribution in [0.1, 0.15) is 16.0 Å². The van der Waals surface area contributed by atoms with Crippen LogP contribution < -0.4 is 10.1 Å². The molecule has 19 heavy (non-hydrogen) atoms. The Hall–Kier alpha value is -0.840. The van der Waals surface area contributed by atoms with Crippen LogP contribution in [0.2, 0.25) is 0 Å². The van der Waals surface area contributed by atoms with Crippen LogP contribution in [0.25, 0.3) is 0 Å². The first-order valence-electron chi connectivity index (χ1n) is 6.50. The smallest absolute Gasteiger partial charge is 0.122 e. The Morgan fingerprint density at radius 3 is 3.11 bits per heavy atom. The second kappa shape index (κ2) is 6.07. The van der Waals surface area contributed by atoms with Crippen molar-refractivity contribution in [3.05, 3.63) is 50.1 Å². The molecule has 3 rings (SSSR count). The fourth-order valence-corrected chi connectivity index (χ4v) is 3.74. The predicted octanol–water partition coefficient (Wildman–Crippen LogP) is 3.78. The van der Waals surface area contributed by atoms with Crippen molar-refractivity contribution in [1.29, 1.82) is 0 Å². The number of thiophene rings is 1. The summed E-state index contributed by atoms with van der Waals surface area (Å²) < 4.78 is 6.73. The first-order chi connectivity index (χ1) is 9.33. The number of rotatable bonds is 5. The van der Waals surface area contributed by atoms with E-state index >= 15 is 0 Å². The van der Waals surface area contributed by atoms with Gasteiger partial charge in [0.05, 0.1) is 6.61 Å². The van der Waals surface area contributed by atoms with Crippen LogP contribution in [0.5, 0.6) is 5.75 Å². The third-order valence-corrected chi connectivity index (χ3v) is 5.25. The van der Waals surface area contributed by atoms with Gasteiger partial charge >= 0.3 is 0 Å². The van der Waals surface area contributed by atoms with Gasteiger partial charge in [0.15, 0.2) is 0 Å². The number of hydrogen-bond donors (Lipinski definition) is 1. The first-order valence-corrected chi connectivity index (χ1v) is 8.17. The van der Waals surface area contributed by atoms with Crippen LogP contribution in [0, 0.1) is 0 Å². The lowest BCUT2D eigenvalue weighted by Crippen LogP contribution is -2.16. The molecule has 0 radical (unpaired) electrons. The Bertz CT molecular complexity index is 567. The van der Waals surface area contributed by atoms with Gasteiger partial charge in [0, 0.05) is 22.3 Å². The minimum absolute atomic E-state index is 0.837. The number of benzene rings is 1. The van der Waals surface area contributed by atoms with Gasteiger partial charge in [-0.25, -0.2) is 0 Å². The minimum atomic E-state index is 0.837. The molecule has 1 aliphatic heterocycles. The Morgan fingerprint density at radius 1 is 1.32 bits per heavy atom. The highest BCUT2D eigenvalue weighted by atomic mass is 79.9. The van der Waals surface area contributed by atoms with E-state index in [1.54, 1.807) is 11.3 Å². The van der Waals surface area contributed by atoms with Gasteiger partial charge in [-0.2, -0.15) is 0 Å². The topological polar surface area (TPSA) is 21.3 Å². The molecule has 4 heteroatoms. The lowest BCUT2D eigenvalue weighted by atomic mass is 10.1. The zero-order valence-corrected chi connectivity index (χ0v) is 13.0. The van der Waals surface area contributed by atoms with Gasteiger partial charge in [-0.05, 0) is 57.5 Å². The van der Waals surface area contributed by atoms with E-state index in [4.69, 9.17) is 4.74 Å². The van der Waals surface area contributed by atoms with Crippen molar-refractivity contribution in [2.24, 2.45) is 0 Å². The molecule has 1 N–H and O–H groups in total. The number of nitrogens with one attached hydrogen (secondary N) is 1. The van der Waals surface area contributed by atoms with Crippen LogP contribution in [0.3, 0.4) is 0 Å². The summed E-state index contributed by atoms with van der Waals surface area (Å²) in [7, 11) is 0. The summed E-state index contributed by atoms with van der Waals surface area (Å²) in [6, 6.07) is 8.66. The van der Waals surface area contributed by atoms with Crippen molar-refractivity contribution in [2.75, 3.05) is 13.2 Å². The Labute approximate surface area is 125 Å². The van der Waals surface area contributed by atoms with Crippen molar-refractivity contribution in [3.8, 4) is 5.75 Å². The van der Waals surface area contributed by atoms with Crippen molar-refractivity contribution < 1.29 is 4.74 Å². The quantitative estimate of drug-likeness (QED) is 0.838. The molecule has 0 amide bonds. The molecular formula is C15H16BrNOS. The Morgan fingerprint density at radius 2 is 2.26 bits per heavy atom. The molecule has 2 aromatic rings. The van der Waals surface area contributed by atoms with Crippen LogP contribution in [-0.4, -0.2) is 13.2 Å². The lowest BCUT2D eigenvalue weighted by Gasteiger charge is -2.06. The van der Waals surface area contributed by atoms with E-state index in [0.29, 0.717) is 0 Å². The maximum Gasteiger partial charge on any atom is 0.122 e. The largest absolute Gasteiger partial charge is 0.493 e. The van der Waals surface area contributed by atoms with Crippen molar-refractivity contribution in [1.82, 2.24) is 5.32 Å². The van der Waals surface area contributed by atoms with E-state index < -0.39 is 0 Å². The van der Waals surface area contributed by atoms with Crippen LogP contribution in [0.15, 0.2) is 34.1 Å². The Kier molecular flexibility index (Phi) is 4.21. The van der Waals surface area contributed by atoms with Crippen molar-refractivity contribution in [2.45, 2.75) is 19.4 Å². The zero-order valence-electron chi connectivity index (χ0n) is 10.6. The molecule has 0 saturated heterocycles. The highest BCUT2D eigenvalue weighted by Gasteiger charge is 2.11. The Balaban J connectivity index is 1.49. The summed E-state index contributed by atoms with van der Waals surface area (Å²) in [5.41, 5.74) is 2.75. The van der Waals surface area contributed by atoms with Crippen LogP contribution >= 0.6 is 27.3 Å². The summed E-state index contributed by atoms with van der Waals surface area (Å²) in [6.07, 6.45) is 2.12. The molecule has 0 unspecified atom stereocenters. The van der Waals surface area contributed by atoms with Gasteiger partial charge in [-0.3, -0.25) is 0 Å². The van der Waals surface area contributed by atoms with Gasteiger partial charge in [-0.1, -0.05) is 12.1 Å². The van der Waals surface area contributed by atoms with Gasteiger partial charge in [0.2, 0.25) is 0 Å². The highest BCUT2D eigenvalue weighted by Crippen LogP contribution is 2.26. The molecule has 0 atom stereocenters. The first kappa shape index (κ1) is 13.2. The van der Waals surface area contributed by atoms with Crippen LogP contribution in [0.4, 0.5) is 0 Å². The molecule has 2 nitrogen and oxygen atoms in total. The zero-order chi connectivity index (χ0) is 13.1. The fourth-order valence-electron chi connectivity index (χ4n) is 2.28. The second-order valence-electron chi connectivity index (χ2n) is 4.66. The molecule has 0 saturated carbocycles. The van der Waals surface area contributed by atoms with Gasteiger partial charge < -0.3 is 10.1 Å². The van der Waals surface area contributed by atoms with Crippen molar-refractivity contribution in [3.63, 3.8) is 0 Å². The molecule has 0 fully saturated rings. The normalized spacial score (nSPS) is 13.3. The van der Waals surface area contributed by atoms with Crippen molar-refractivity contribution >= 4 is 27.3 Å². The number of halogens is 1. The van der Waals surface area contributed by atoms with E-state index in [9.17, 15) is 0 Å². The summed E-state index contributed by atoms with van der Waals surface area (Å²) in [5, 5.41) is 5.61. The molecule has 1 aromatic heterocycles. The molecule has 1 aromatic carbocycles. The average molecular weight is 338 g/mol. The third-order valence-electron chi connectivity index (χ3n) is 3.32. The van der Waals surface area contributed by atoms with E-state index in [-0.39, 0.29) is 0 Å². The summed E-state index contributed by atoms with van der Waals surface area (Å²) in [6.45, 7) is 2.78. The fraction of sp³-hybridized carbons (Fsp3) is 0.333. The summed E-state index contributed by atoms with van der Waals surface area (Å²) in [4.78, 5) is 1.36. The monoisotopic (exact) mass is 337 g/mol. The maximum absolute atomic E-state index is 5.52. The van der Waals surface area contributed by atoms with Gasteiger partial charge in [-0.15, -0.1) is 11.3 Å². The maximum atomic E-state index is 5.52. The third kappa shape index (κ3) is 3.19. The summed E-state index contributed by atoms with van der Waals surface area (Å²) >= 11 is 5.34. The van der Waals surface area contributed by atoms with E-state index in [0.717, 1.165) is 38.3 Å². The molecule has 2 heterocycles. The van der Waals surface area contributed by atoms with Crippen LogP contribution in [-0.2, 0) is 19.4 Å². The molecule has 0 bridgehead atoms. The molecule has 0 aliphatic carbocycles. The predicted molar refractivity (Wildman–Crippen MR) is 83.1 cm³/mol. The molecule has 0 spiro atoms. The van der Waals surface area contributed by atoms with Gasteiger partial charge in [0.1, 0.15) is 5.75 Å². The average Bonchev–Trinajstić information content (AvgIpc) is 3.03. The number of ether oxygens (including phenoxy) is 1. The SMILES string of the molecule is Brc1ccsc1CNCCc1ccc2c(c1)CCO2. The second-order valence-corrected chi connectivity index (χ2v) is 6.51. The standard InChI is InChI=1S/C15H16BrNOS/c16-13-5-8-19-15(13)10-17-6-3-11-1-2-14-12(9-11)4-7-18-14/h1-2,5,8-9,17H,3-4,6-7,10H2. The number of hydrogen-bond acceptors (Lipinski definition) is 3. The minimum Gasteiger partial charge on any atom is -0.493 e. The summed E-state index contributed by atoms with van der Waals surface area (Å²) in [5.74, 6) is 1.07. The molecular weight excluding hydrogens is 322 g/mol. The molecule has 100 valence electrons. The number of fused-ring (bicyclic) bond motifs is 1. The van der Waals surface area contributed by atoms with E-state index in [1.165, 1.54) is 20.5 Å². The lowest BCUT2D eigenvalue weighted by molar-refractivity contribution is 0.357.